The van der Waals surface area contributed by atoms with Gasteiger partial charge in [0.05, 0.1) is 5.92 Å². The third-order valence-electron chi connectivity index (χ3n) is 6.96. The van der Waals surface area contributed by atoms with E-state index in [0.29, 0.717) is 25.1 Å². The second-order valence-corrected chi connectivity index (χ2v) is 10.0. The van der Waals surface area contributed by atoms with Crippen molar-refractivity contribution in [3.8, 4) is 16.9 Å². The van der Waals surface area contributed by atoms with Crippen LogP contribution in [0.5, 0.6) is 5.75 Å². The number of carboxylic acid groups (broad SMARTS) is 1. The van der Waals surface area contributed by atoms with Crippen molar-refractivity contribution < 1.29 is 24.2 Å². The first kappa shape index (κ1) is 26.9. The van der Waals surface area contributed by atoms with Gasteiger partial charge in [-0.25, -0.2) is 9.59 Å². The number of piperidine rings is 1. The molecule has 1 aliphatic heterocycles. The van der Waals surface area contributed by atoms with Gasteiger partial charge in [-0.15, -0.1) is 0 Å². The van der Waals surface area contributed by atoms with Gasteiger partial charge in [-0.05, 0) is 61.4 Å². The molecule has 198 valence electrons. The van der Waals surface area contributed by atoms with Crippen molar-refractivity contribution in [3.05, 3.63) is 89.0 Å². The molecule has 3 aromatic rings. The summed E-state index contributed by atoms with van der Waals surface area (Å²) in [6.07, 6.45) is 0.889. The summed E-state index contributed by atoms with van der Waals surface area (Å²) in [5.41, 5.74) is 5.78. The molecule has 2 N–H and O–H groups in total. The molecule has 7 nitrogen and oxygen atoms in total. The number of ether oxygens (including phenoxy) is 1. The predicted octanol–water partition coefficient (Wildman–Crippen LogP) is 5.30. The number of nitrogens with zero attached hydrogens (tertiary/aromatic N) is 1. The quantitative estimate of drug-likeness (QED) is 0.446. The number of hydrogen-bond acceptors (Lipinski definition) is 4. The van der Waals surface area contributed by atoms with Crippen molar-refractivity contribution in [3.63, 3.8) is 0 Å². The van der Waals surface area contributed by atoms with Crippen molar-refractivity contribution in [2.75, 3.05) is 13.1 Å². The van der Waals surface area contributed by atoms with E-state index in [4.69, 9.17) is 4.74 Å². The number of nitrogens with one attached hydrogen (secondary N) is 1. The lowest BCUT2D eigenvalue weighted by atomic mass is 9.96. The highest BCUT2D eigenvalue weighted by Crippen LogP contribution is 2.26. The molecule has 0 radical (unpaired) electrons. The summed E-state index contributed by atoms with van der Waals surface area (Å²) >= 11 is 0. The zero-order chi connectivity index (χ0) is 27.2. The summed E-state index contributed by atoms with van der Waals surface area (Å²) in [5.74, 6) is -1.42. The SMILES string of the molecule is Cc1cc(C)c(OC(=O)N2CCCC(C(=O)N[C@@H](Cc3ccc(-c4ccccc4)cc3)C(=O)O)C2)c(C)c1. The molecule has 2 amide bonds. The fourth-order valence-electron chi connectivity index (χ4n) is 5.03. The lowest BCUT2D eigenvalue weighted by Crippen LogP contribution is -2.50. The number of likely N-dealkylation sites (tertiary alicyclic amines) is 1. The van der Waals surface area contributed by atoms with Crippen LogP contribution in [0.4, 0.5) is 4.79 Å². The predicted molar refractivity (Wildman–Crippen MR) is 146 cm³/mol. The first-order valence-corrected chi connectivity index (χ1v) is 12.9. The summed E-state index contributed by atoms with van der Waals surface area (Å²) < 4.78 is 5.70. The molecule has 0 spiro atoms. The molecule has 0 bridgehead atoms. The monoisotopic (exact) mass is 514 g/mol. The highest BCUT2D eigenvalue weighted by Gasteiger charge is 2.32. The van der Waals surface area contributed by atoms with Gasteiger partial charge in [0, 0.05) is 19.5 Å². The lowest BCUT2D eigenvalue weighted by molar-refractivity contribution is -0.142. The van der Waals surface area contributed by atoms with Gasteiger partial charge in [-0.2, -0.15) is 0 Å². The maximum absolute atomic E-state index is 13.1. The van der Waals surface area contributed by atoms with E-state index in [1.807, 2.05) is 87.5 Å². The highest BCUT2D eigenvalue weighted by atomic mass is 16.6. The van der Waals surface area contributed by atoms with Crippen molar-refractivity contribution in [2.24, 2.45) is 5.92 Å². The van der Waals surface area contributed by atoms with Gasteiger partial charge in [0.15, 0.2) is 0 Å². The number of amides is 2. The van der Waals surface area contributed by atoms with E-state index in [9.17, 15) is 19.5 Å². The van der Waals surface area contributed by atoms with E-state index >= 15 is 0 Å². The summed E-state index contributed by atoms with van der Waals surface area (Å²) in [5, 5.41) is 12.5. The van der Waals surface area contributed by atoms with Crippen molar-refractivity contribution in [1.82, 2.24) is 10.2 Å². The van der Waals surface area contributed by atoms with Crippen molar-refractivity contribution >= 4 is 18.0 Å². The normalized spacial score (nSPS) is 16.0. The fraction of sp³-hybridized carbons (Fsp3) is 0.323. The Kier molecular flexibility index (Phi) is 8.46. The first-order valence-electron chi connectivity index (χ1n) is 12.9. The second kappa shape index (κ2) is 11.9. The van der Waals surface area contributed by atoms with E-state index in [1.165, 1.54) is 4.90 Å². The molecule has 1 unspecified atom stereocenters. The Bertz CT molecular complexity index is 1280. The van der Waals surface area contributed by atoms with Gasteiger partial charge in [-0.1, -0.05) is 72.3 Å². The Balaban J connectivity index is 1.37. The van der Waals surface area contributed by atoms with Crippen LogP contribution in [-0.4, -0.2) is 47.1 Å². The van der Waals surface area contributed by atoms with Gasteiger partial charge in [0.1, 0.15) is 11.8 Å². The van der Waals surface area contributed by atoms with Crippen LogP contribution in [0.2, 0.25) is 0 Å². The van der Waals surface area contributed by atoms with E-state index in [0.717, 1.165) is 33.4 Å². The van der Waals surface area contributed by atoms with E-state index in [-0.39, 0.29) is 18.9 Å². The number of benzene rings is 3. The Morgan fingerprint density at radius 3 is 2.24 bits per heavy atom. The molecule has 4 rings (SSSR count). The summed E-state index contributed by atoms with van der Waals surface area (Å²) in [4.78, 5) is 39.5. The molecule has 3 aromatic carbocycles. The minimum atomic E-state index is -1.09. The molecule has 1 saturated heterocycles. The lowest BCUT2D eigenvalue weighted by Gasteiger charge is -2.32. The summed E-state index contributed by atoms with van der Waals surface area (Å²) in [6.45, 7) is 6.46. The molecule has 38 heavy (non-hydrogen) atoms. The maximum atomic E-state index is 13.1. The van der Waals surface area contributed by atoms with Gasteiger partial charge >= 0.3 is 12.1 Å². The van der Waals surface area contributed by atoms with Crippen LogP contribution in [0, 0.1) is 26.7 Å². The second-order valence-electron chi connectivity index (χ2n) is 10.0. The van der Waals surface area contributed by atoms with Gasteiger partial charge < -0.3 is 20.1 Å². The van der Waals surface area contributed by atoms with Crippen LogP contribution in [0.15, 0.2) is 66.7 Å². The molecule has 2 atom stereocenters. The summed E-state index contributed by atoms with van der Waals surface area (Å²) in [7, 11) is 0. The topological polar surface area (TPSA) is 95.9 Å². The molecule has 0 aliphatic carbocycles. The van der Waals surface area contributed by atoms with Gasteiger partial charge in [0.2, 0.25) is 5.91 Å². The van der Waals surface area contributed by atoms with Crippen LogP contribution in [0.1, 0.15) is 35.1 Å². The molecule has 1 heterocycles. The Hall–Kier alpha value is -4.13. The number of hydrogen-bond donors (Lipinski definition) is 2. The Morgan fingerprint density at radius 1 is 0.974 bits per heavy atom. The number of aryl methyl sites for hydroxylation is 3. The highest BCUT2D eigenvalue weighted by molar-refractivity contribution is 5.86. The standard InChI is InChI=1S/C31H34N2O5/c1-20-16-21(2)28(22(3)17-20)38-31(37)33-15-7-10-26(19-33)29(34)32-27(30(35)36)18-23-11-13-25(14-12-23)24-8-5-4-6-9-24/h4-6,8-9,11-14,16-17,26-27H,7,10,15,18-19H2,1-3H3,(H,32,34)(H,35,36)/t26?,27-/m0/s1. The van der Waals surface area contributed by atoms with E-state index in [1.54, 1.807) is 0 Å². The number of rotatable bonds is 7. The number of aliphatic carboxylic acids is 1. The molecule has 0 aromatic heterocycles. The third-order valence-corrected chi connectivity index (χ3v) is 6.96. The smallest absolute Gasteiger partial charge is 0.415 e. The van der Waals surface area contributed by atoms with Crippen LogP contribution < -0.4 is 10.1 Å². The molecule has 1 aliphatic rings. The zero-order valence-corrected chi connectivity index (χ0v) is 22.1. The largest absolute Gasteiger partial charge is 0.480 e. The van der Waals surface area contributed by atoms with Gasteiger partial charge in [-0.3, -0.25) is 4.79 Å². The molecule has 7 heteroatoms. The molecular weight excluding hydrogens is 480 g/mol. The minimum absolute atomic E-state index is 0.167. The van der Waals surface area contributed by atoms with Crippen LogP contribution in [0.3, 0.4) is 0 Å². The Morgan fingerprint density at radius 2 is 1.61 bits per heavy atom. The summed E-state index contributed by atoms with van der Waals surface area (Å²) in [6, 6.07) is 20.5. The zero-order valence-electron chi connectivity index (χ0n) is 22.1. The van der Waals surface area contributed by atoms with Crippen molar-refractivity contribution in [1.29, 1.82) is 0 Å². The average Bonchev–Trinajstić information content (AvgIpc) is 2.91. The average molecular weight is 515 g/mol. The third kappa shape index (κ3) is 6.59. The van der Waals surface area contributed by atoms with Crippen molar-refractivity contribution in [2.45, 2.75) is 46.1 Å². The molecular formula is C31H34N2O5. The number of carbonyl (C=O) groups excluding carboxylic acids is 2. The van der Waals surface area contributed by atoms with Crippen LogP contribution >= 0.6 is 0 Å². The molecule has 0 saturated carbocycles. The Labute approximate surface area is 223 Å². The van der Waals surface area contributed by atoms with E-state index < -0.39 is 24.0 Å². The maximum Gasteiger partial charge on any atom is 0.415 e. The molecule has 1 fully saturated rings. The van der Waals surface area contributed by atoms with Crippen LogP contribution in [-0.2, 0) is 16.0 Å². The fourth-order valence-corrected chi connectivity index (χ4v) is 5.03. The van der Waals surface area contributed by atoms with Crippen LogP contribution in [0.25, 0.3) is 11.1 Å². The van der Waals surface area contributed by atoms with E-state index in [2.05, 4.69) is 5.32 Å². The first-order chi connectivity index (χ1) is 18.2. The van der Waals surface area contributed by atoms with Gasteiger partial charge in [0.25, 0.3) is 0 Å². The number of carbonyl (C=O) groups is 3. The minimum Gasteiger partial charge on any atom is -0.480 e. The number of carboxylic acids is 1.